The van der Waals surface area contributed by atoms with E-state index >= 15 is 0 Å². The van der Waals surface area contributed by atoms with Gasteiger partial charge in [-0.1, -0.05) is 32.1 Å². The molecule has 1 aromatic rings. The number of hydrogen-bond donors (Lipinski definition) is 1. The predicted octanol–water partition coefficient (Wildman–Crippen LogP) is 7.45. The van der Waals surface area contributed by atoms with E-state index in [-0.39, 0.29) is 12.6 Å². The molecule has 1 unspecified atom stereocenters. The topological polar surface area (TPSA) is 55.8 Å². The van der Waals surface area contributed by atoms with E-state index in [1.165, 1.54) is 63.4 Å². The third-order valence-corrected chi connectivity index (χ3v) is 8.61. The molecular weight excluding hydrogens is 436 g/mol. The van der Waals surface area contributed by atoms with Crippen molar-refractivity contribution in [2.75, 3.05) is 19.8 Å². The number of aliphatic hydroxyl groups excluding tert-OH is 1. The molecular formula is C31H48O4. The molecule has 0 spiro atoms. The zero-order valence-corrected chi connectivity index (χ0v) is 22.2. The van der Waals surface area contributed by atoms with Crippen LogP contribution in [0.25, 0.3) is 0 Å². The van der Waals surface area contributed by atoms with Gasteiger partial charge in [0.25, 0.3) is 0 Å². The highest BCUT2D eigenvalue weighted by molar-refractivity contribution is 5.86. The molecule has 0 saturated heterocycles. The lowest BCUT2D eigenvalue weighted by atomic mass is 9.66. The number of benzene rings is 1. The van der Waals surface area contributed by atoms with Gasteiger partial charge in [0.1, 0.15) is 5.75 Å². The van der Waals surface area contributed by atoms with Crippen molar-refractivity contribution in [3.63, 3.8) is 0 Å². The summed E-state index contributed by atoms with van der Waals surface area (Å²) in [5, 5.41) is 9.57. The number of ether oxygens (including phenoxy) is 2. The molecule has 35 heavy (non-hydrogen) atoms. The van der Waals surface area contributed by atoms with Crippen LogP contribution in [0.3, 0.4) is 0 Å². The Morgan fingerprint density at radius 3 is 2.17 bits per heavy atom. The van der Waals surface area contributed by atoms with Gasteiger partial charge < -0.3 is 14.6 Å². The highest BCUT2D eigenvalue weighted by atomic mass is 16.5. The van der Waals surface area contributed by atoms with Crippen molar-refractivity contribution in [3.8, 4) is 5.75 Å². The fourth-order valence-electron chi connectivity index (χ4n) is 6.39. The van der Waals surface area contributed by atoms with Crippen molar-refractivity contribution in [1.82, 2.24) is 0 Å². The number of aliphatic hydroxyl groups is 1. The minimum atomic E-state index is -0.302. The van der Waals surface area contributed by atoms with Gasteiger partial charge in [0.05, 0.1) is 13.2 Å². The summed E-state index contributed by atoms with van der Waals surface area (Å²) in [4.78, 5) is 11.7. The molecule has 0 amide bonds. The van der Waals surface area contributed by atoms with E-state index in [1.54, 1.807) is 6.92 Å². The molecule has 0 bridgehead atoms. The third-order valence-electron chi connectivity index (χ3n) is 8.61. The van der Waals surface area contributed by atoms with Crippen molar-refractivity contribution in [1.29, 1.82) is 0 Å². The summed E-state index contributed by atoms with van der Waals surface area (Å²) in [6, 6.07) is 8.88. The Kier molecular flexibility index (Phi) is 11.6. The average molecular weight is 485 g/mol. The van der Waals surface area contributed by atoms with Crippen LogP contribution in [-0.2, 0) is 9.53 Å². The van der Waals surface area contributed by atoms with E-state index in [1.807, 2.05) is 0 Å². The molecule has 2 aliphatic rings. The molecule has 1 atom stereocenters. The normalized spacial score (nSPS) is 25.6. The van der Waals surface area contributed by atoms with Gasteiger partial charge in [-0.15, -0.1) is 0 Å². The van der Waals surface area contributed by atoms with Gasteiger partial charge in [-0.05, 0) is 125 Å². The van der Waals surface area contributed by atoms with Gasteiger partial charge in [0, 0.05) is 12.2 Å². The summed E-state index contributed by atoms with van der Waals surface area (Å²) in [5.74, 6) is 4.22. The van der Waals surface area contributed by atoms with Gasteiger partial charge in [-0.3, -0.25) is 0 Å². The van der Waals surface area contributed by atoms with E-state index in [9.17, 15) is 9.90 Å². The molecule has 2 aliphatic carbocycles. The van der Waals surface area contributed by atoms with Crippen LogP contribution >= 0.6 is 0 Å². The van der Waals surface area contributed by atoms with Gasteiger partial charge in [0.2, 0.25) is 0 Å². The number of carbonyl (C=O) groups excluding carboxylic acids is 1. The van der Waals surface area contributed by atoms with Crippen molar-refractivity contribution >= 4 is 5.97 Å². The predicted molar refractivity (Wildman–Crippen MR) is 143 cm³/mol. The Hall–Kier alpha value is -1.81. The fourth-order valence-corrected chi connectivity index (χ4v) is 6.39. The minimum absolute atomic E-state index is 0.217. The SMILES string of the molecule is C=C(C)C(=O)OCCC(CCO)C1CCC(C2CCC(c3ccc(OCCCC)cc3)CC2)CC1. The molecule has 4 nitrogen and oxygen atoms in total. The largest absolute Gasteiger partial charge is 0.494 e. The Morgan fingerprint density at radius 1 is 0.971 bits per heavy atom. The molecule has 3 rings (SSSR count). The summed E-state index contributed by atoms with van der Waals surface area (Å²) in [7, 11) is 0. The molecule has 0 aliphatic heterocycles. The zero-order chi connectivity index (χ0) is 25.0. The highest BCUT2D eigenvalue weighted by Crippen LogP contribution is 2.45. The monoisotopic (exact) mass is 484 g/mol. The maximum absolute atomic E-state index is 11.7. The number of unbranched alkanes of at least 4 members (excludes halogenated alkanes) is 1. The van der Waals surface area contributed by atoms with E-state index < -0.39 is 0 Å². The quantitative estimate of drug-likeness (QED) is 0.179. The van der Waals surface area contributed by atoms with Crippen molar-refractivity contribution < 1.29 is 19.4 Å². The van der Waals surface area contributed by atoms with E-state index in [0.717, 1.165) is 43.5 Å². The van der Waals surface area contributed by atoms with E-state index in [2.05, 4.69) is 37.8 Å². The van der Waals surface area contributed by atoms with Crippen LogP contribution in [0.2, 0.25) is 0 Å². The van der Waals surface area contributed by atoms with Crippen molar-refractivity contribution in [2.45, 2.75) is 96.8 Å². The van der Waals surface area contributed by atoms with E-state index in [4.69, 9.17) is 9.47 Å². The second kappa shape index (κ2) is 14.7. The number of hydrogen-bond acceptors (Lipinski definition) is 4. The number of carbonyl (C=O) groups is 1. The minimum Gasteiger partial charge on any atom is -0.494 e. The first-order chi connectivity index (χ1) is 17.0. The molecule has 2 saturated carbocycles. The zero-order valence-electron chi connectivity index (χ0n) is 22.2. The van der Waals surface area contributed by atoms with Gasteiger partial charge in [-0.25, -0.2) is 4.79 Å². The highest BCUT2D eigenvalue weighted by Gasteiger charge is 2.33. The second-order valence-corrected chi connectivity index (χ2v) is 11.0. The maximum Gasteiger partial charge on any atom is 0.333 e. The standard InChI is InChI=1S/C31H48O4/c1-4-5-21-34-30-16-14-28(15-17-30)26-8-6-24(7-9-26)25-10-12-27(13-11-25)29(18-20-32)19-22-35-31(33)23(2)3/h14-17,24-27,29,32H,2,4-13,18-22H2,1,3H3. The first-order valence-electron chi connectivity index (χ1n) is 14.2. The third kappa shape index (κ3) is 8.66. The molecule has 1 N–H and O–H groups in total. The Balaban J connectivity index is 1.40. The molecule has 0 heterocycles. The van der Waals surface area contributed by atoms with Crippen LogP contribution in [0.1, 0.15) is 102 Å². The first kappa shape index (κ1) is 27.8. The summed E-state index contributed by atoms with van der Waals surface area (Å²) >= 11 is 0. The molecule has 2 fully saturated rings. The Morgan fingerprint density at radius 2 is 1.60 bits per heavy atom. The summed E-state index contributed by atoms with van der Waals surface area (Å²) < 4.78 is 11.2. The lowest BCUT2D eigenvalue weighted by Gasteiger charge is -2.40. The average Bonchev–Trinajstić information content (AvgIpc) is 2.89. The summed E-state index contributed by atoms with van der Waals surface area (Å²) in [6.07, 6.45) is 14.4. The number of esters is 1. The fraction of sp³-hybridized carbons (Fsp3) is 0.710. The van der Waals surface area contributed by atoms with Gasteiger partial charge >= 0.3 is 5.97 Å². The summed E-state index contributed by atoms with van der Waals surface area (Å²) in [6.45, 7) is 8.99. The molecule has 4 heteroatoms. The van der Waals surface area contributed by atoms with Crippen LogP contribution in [0, 0.1) is 23.7 Å². The smallest absolute Gasteiger partial charge is 0.333 e. The first-order valence-corrected chi connectivity index (χ1v) is 14.2. The maximum atomic E-state index is 11.7. The van der Waals surface area contributed by atoms with Crippen molar-refractivity contribution in [3.05, 3.63) is 42.0 Å². The van der Waals surface area contributed by atoms with Crippen LogP contribution in [0.5, 0.6) is 5.75 Å². The van der Waals surface area contributed by atoms with Gasteiger partial charge in [0.15, 0.2) is 0 Å². The lowest BCUT2D eigenvalue weighted by molar-refractivity contribution is -0.139. The second-order valence-electron chi connectivity index (χ2n) is 11.0. The molecule has 196 valence electrons. The Bertz CT molecular complexity index is 755. The van der Waals surface area contributed by atoms with Gasteiger partial charge in [-0.2, -0.15) is 0 Å². The number of rotatable bonds is 13. The van der Waals surface area contributed by atoms with E-state index in [0.29, 0.717) is 29.9 Å². The Labute approximate surface area is 213 Å². The lowest BCUT2D eigenvalue weighted by Crippen LogP contribution is -2.29. The van der Waals surface area contributed by atoms with Crippen LogP contribution < -0.4 is 4.74 Å². The molecule has 1 aromatic carbocycles. The van der Waals surface area contributed by atoms with Crippen LogP contribution in [0.4, 0.5) is 0 Å². The van der Waals surface area contributed by atoms with Crippen LogP contribution in [-0.4, -0.2) is 30.9 Å². The molecule has 0 aromatic heterocycles. The van der Waals surface area contributed by atoms with Crippen molar-refractivity contribution in [2.24, 2.45) is 23.7 Å². The van der Waals surface area contributed by atoms with Crippen LogP contribution in [0.15, 0.2) is 36.4 Å². The summed E-state index contributed by atoms with van der Waals surface area (Å²) in [5.41, 5.74) is 1.93. The molecule has 0 radical (unpaired) electrons.